The number of carbonyl (C=O) groups excluding carboxylic acids is 2. The van der Waals surface area contributed by atoms with Crippen molar-refractivity contribution in [3.05, 3.63) is 64.9 Å². The van der Waals surface area contributed by atoms with E-state index in [0.29, 0.717) is 0 Å². The predicted octanol–water partition coefficient (Wildman–Crippen LogP) is 3.05. The minimum atomic E-state index is -4.57. The lowest BCUT2D eigenvalue weighted by Crippen LogP contribution is -2.37. The van der Waals surface area contributed by atoms with Crippen molar-refractivity contribution in [1.29, 1.82) is 0 Å². The highest BCUT2D eigenvalue weighted by Crippen LogP contribution is 2.33. The van der Waals surface area contributed by atoms with Crippen molar-refractivity contribution < 1.29 is 33.0 Å². The largest absolute Gasteiger partial charge is 0.508 e. The van der Waals surface area contributed by atoms with Crippen LogP contribution in [0.15, 0.2) is 58.8 Å². The first-order valence-electron chi connectivity index (χ1n) is 8.85. The molecule has 1 aliphatic heterocycles. The summed E-state index contributed by atoms with van der Waals surface area (Å²) >= 11 is 0. The normalized spacial score (nSPS) is 15.6. The van der Waals surface area contributed by atoms with Gasteiger partial charge in [0.15, 0.2) is 0 Å². The molecule has 0 bridgehead atoms. The number of hydrogen-bond donors (Lipinski definition) is 4. The number of nitrogens with zero attached hydrogens (tertiary/aromatic N) is 2. The molecule has 0 spiro atoms. The molecule has 1 heterocycles. The summed E-state index contributed by atoms with van der Waals surface area (Å²) in [7, 11) is 0. The van der Waals surface area contributed by atoms with Gasteiger partial charge in [-0.15, -0.1) is 0 Å². The van der Waals surface area contributed by atoms with Gasteiger partial charge in [-0.25, -0.2) is 0 Å². The monoisotopic (exact) mass is 434 g/mol. The maximum absolute atomic E-state index is 13.0. The molecule has 0 unspecified atom stereocenters. The van der Waals surface area contributed by atoms with Gasteiger partial charge in [-0.3, -0.25) is 15.0 Å². The second-order valence-corrected chi connectivity index (χ2v) is 6.63. The van der Waals surface area contributed by atoms with Gasteiger partial charge in [0.2, 0.25) is 0 Å². The molecule has 11 heteroatoms. The minimum Gasteiger partial charge on any atom is -0.508 e. The molecule has 0 aliphatic carbocycles. The molecule has 0 radical (unpaired) electrons. The zero-order valence-corrected chi connectivity index (χ0v) is 16.3. The number of aromatic hydroxyl groups is 2. The Bertz CT molecular complexity index is 1130. The average molecular weight is 434 g/mol. The Kier molecular flexibility index (Phi) is 5.60. The van der Waals surface area contributed by atoms with Crippen molar-refractivity contribution >= 4 is 23.2 Å². The number of hydrogen-bond acceptors (Lipinski definition) is 6. The number of anilines is 1. The number of carbonyl (C=O) groups is 2. The predicted molar refractivity (Wildman–Crippen MR) is 105 cm³/mol. The lowest BCUT2D eigenvalue weighted by molar-refractivity contribution is -0.137. The summed E-state index contributed by atoms with van der Waals surface area (Å²) in [5, 5.41) is 23.9. The number of allylic oxidation sites excluding steroid dienone is 1. The summed E-state index contributed by atoms with van der Waals surface area (Å²) in [4.78, 5) is 25.0. The van der Waals surface area contributed by atoms with Crippen LogP contribution < -0.4 is 15.9 Å². The third-order valence-electron chi connectivity index (χ3n) is 4.40. The lowest BCUT2D eigenvalue weighted by atomic mass is 10.1. The minimum absolute atomic E-state index is 0.0555. The van der Waals surface area contributed by atoms with Gasteiger partial charge in [0.05, 0.1) is 28.1 Å². The third-order valence-corrected chi connectivity index (χ3v) is 4.40. The maximum Gasteiger partial charge on any atom is 0.416 e. The highest BCUT2D eigenvalue weighted by atomic mass is 19.4. The molecule has 0 aromatic heterocycles. The molecule has 3 rings (SSSR count). The molecule has 31 heavy (non-hydrogen) atoms. The number of hydrazine groups is 1. The summed E-state index contributed by atoms with van der Waals surface area (Å²) in [6.07, 6.45) is -4.57. The molecule has 2 aromatic carbocycles. The van der Waals surface area contributed by atoms with E-state index in [2.05, 4.69) is 16.0 Å². The maximum atomic E-state index is 13.0. The number of alkyl halides is 3. The van der Waals surface area contributed by atoms with Crippen molar-refractivity contribution in [3.63, 3.8) is 0 Å². The van der Waals surface area contributed by atoms with E-state index >= 15 is 0 Å². The van der Waals surface area contributed by atoms with E-state index in [1.807, 2.05) is 0 Å². The summed E-state index contributed by atoms with van der Waals surface area (Å²) in [5.74, 6) is -2.09. The summed E-state index contributed by atoms with van der Waals surface area (Å²) < 4.78 is 38.9. The van der Waals surface area contributed by atoms with Crippen molar-refractivity contribution in [1.82, 2.24) is 10.9 Å². The van der Waals surface area contributed by atoms with Crippen molar-refractivity contribution in [2.45, 2.75) is 20.0 Å². The molecule has 162 valence electrons. The number of nitrogens with one attached hydrogen (secondary N) is 2. The Hall–Kier alpha value is -4.02. The van der Waals surface area contributed by atoms with Crippen LogP contribution in [0.5, 0.6) is 11.5 Å². The fraction of sp³-hybridized carbons (Fsp3) is 0.150. The van der Waals surface area contributed by atoms with Gasteiger partial charge in [0.1, 0.15) is 11.5 Å². The van der Waals surface area contributed by atoms with Crippen LogP contribution in [-0.4, -0.2) is 27.7 Å². The molecular weight excluding hydrogens is 417 g/mol. The van der Waals surface area contributed by atoms with Crippen LogP contribution in [0.1, 0.15) is 29.8 Å². The quantitative estimate of drug-likeness (QED) is 0.436. The Morgan fingerprint density at radius 3 is 2.45 bits per heavy atom. The Morgan fingerprint density at radius 2 is 1.81 bits per heavy atom. The highest BCUT2D eigenvalue weighted by molar-refractivity contribution is 6.30. The smallest absolute Gasteiger partial charge is 0.416 e. The third kappa shape index (κ3) is 4.44. The van der Waals surface area contributed by atoms with E-state index < -0.39 is 29.3 Å². The van der Waals surface area contributed by atoms with Gasteiger partial charge < -0.3 is 15.6 Å². The summed E-state index contributed by atoms with van der Waals surface area (Å²) in [5.41, 5.74) is 4.21. The van der Waals surface area contributed by atoms with Crippen LogP contribution in [0.3, 0.4) is 0 Å². The molecule has 0 saturated carbocycles. The number of hydrazone groups is 1. The van der Waals surface area contributed by atoms with E-state index in [0.717, 1.165) is 23.2 Å². The molecule has 2 amide bonds. The van der Waals surface area contributed by atoms with Gasteiger partial charge in [-0.1, -0.05) is 6.07 Å². The summed E-state index contributed by atoms with van der Waals surface area (Å²) in [6.45, 7) is 2.97. The topological polar surface area (TPSA) is 114 Å². The first kappa shape index (κ1) is 21.7. The molecule has 0 fully saturated rings. The van der Waals surface area contributed by atoms with E-state index in [-0.39, 0.29) is 34.0 Å². The van der Waals surface area contributed by atoms with Crippen LogP contribution in [0.2, 0.25) is 0 Å². The number of amides is 2. The first-order chi connectivity index (χ1) is 14.5. The Labute approximate surface area is 174 Å². The first-order valence-corrected chi connectivity index (χ1v) is 8.85. The fourth-order valence-corrected chi connectivity index (χ4v) is 2.92. The molecular formula is C20H17F3N4O4. The van der Waals surface area contributed by atoms with Gasteiger partial charge in [0, 0.05) is 11.8 Å². The van der Waals surface area contributed by atoms with Gasteiger partial charge in [-0.05, 0) is 44.2 Å². The number of halogens is 3. The number of phenols is 2. The molecule has 8 nitrogen and oxygen atoms in total. The van der Waals surface area contributed by atoms with Gasteiger partial charge in [0.25, 0.3) is 11.8 Å². The number of benzene rings is 2. The van der Waals surface area contributed by atoms with Crippen LogP contribution in [0, 0.1) is 0 Å². The number of rotatable bonds is 4. The second kappa shape index (κ2) is 8.01. The molecule has 1 aliphatic rings. The molecule has 2 aromatic rings. The van der Waals surface area contributed by atoms with E-state index in [1.165, 1.54) is 38.1 Å². The van der Waals surface area contributed by atoms with Gasteiger partial charge in [-0.2, -0.15) is 23.3 Å². The lowest BCUT2D eigenvalue weighted by Gasteiger charge is -2.15. The molecule has 0 atom stereocenters. The zero-order chi connectivity index (χ0) is 22.9. The standard InChI is InChI=1S/C20H17F3N4O4/c1-10(24-25-18(30)15-7-6-14(28)9-16(15)29)17-11(2)26-27(19(17)31)13-5-3-4-12(8-13)20(21,22)23/h3-9,24,28-29H,1-2H3,(H,25,30)/b17-10-. The van der Waals surface area contributed by atoms with Crippen LogP contribution in [0.25, 0.3) is 0 Å². The number of phenolic OH excluding ortho intramolecular Hbond substituents is 2. The Morgan fingerprint density at radius 1 is 1.10 bits per heavy atom. The van der Waals surface area contributed by atoms with Crippen molar-refractivity contribution in [3.8, 4) is 11.5 Å². The fourth-order valence-electron chi connectivity index (χ4n) is 2.92. The highest BCUT2D eigenvalue weighted by Gasteiger charge is 2.34. The second-order valence-electron chi connectivity index (χ2n) is 6.63. The zero-order valence-electron chi connectivity index (χ0n) is 16.3. The van der Waals surface area contributed by atoms with E-state index in [4.69, 9.17) is 0 Å². The van der Waals surface area contributed by atoms with Crippen molar-refractivity contribution in [2.75, 3.05) is 5.01 Å². The molecule has 0 saturated heterocycles. The van der Waals surface area contributed by atoms with E-state index in [9.17, 15) is 33.0 Å². The average Bonchev–Trinajstić information content (AvgIpc) is 2.99. The SMILES string of the molecule is CC1=NN(c2cccc(C(F)(F)F)c2)C(=O)/C1=C(/C)NNC(=O)c1ccc(O)cc1O. The summed E-state index contributed by atoms with van der Waals surface area (Å²) in [6, 6.07) is 7.61. The van der Waals surface area contributed by atoms with Crippen LogP contribution >= 0.6 is 0 Å². The molecule has 4 N–H and O–H groups in total. The van der Waals surface area contributed by atoms with Gasteiger partial charge >= 0.3 is 6.18 Å². The van der Waals surface area contributed by atoms with Crippen molar-refractivity contribution in [2.24, 2.45) is 5.10 Å². The Balaban J connectivity index is 1.79. The van der Waals surface area contributed by atoms with Crippen LogP contribution in [0.4, 0.5) is 18.9 Å². The van der Waals surface area contributed by atoms with E-state index in [1.54, 1.807) is 0 Å². The van der Waals surface area contributed by atoms with Crippen LogP contribution in [-0.2, 0) is 11.0 Å².